The van der Waals surface area contributed by atoms with Gasteiger partial charge in [0.1, 0.15) is 6.17 Å². The van der Waals surface area contributed by atoms with Crippen LogP contribution in [0, 0.1) is 6.92 Å². The minimum Gasteiger partial charge on any atom is -0.351 e. The van der Waals surface area contributed by atoms with E-state index in [0.29, 0.717) is 6.54 Å². The molecule has 98 valence electrons. The number of alkyl halides is 1. The van der Waals surface area contributed by atoms with Crippen molar-refractivity contribution < 1.29 is 9.18 Å². The molecule has 5 heteroatoms. The van der Waals surface area contributed by atoms with Crippen LogP contribution in [0.4, 0.5) is 4.39 Å². The van der Waals surface area contributed by atoms with Gasteiger partial charge < -0.3 is 10.6 Å². The van der Waals surface area contributed by atoms with Crippen LogP contribution in [-0.4, -0.2) is 24.7 Å². The van der Waals surface area contributed by atoms with E-state index < -0.39 is 12.2 Å². The van der Waals surface area contributed by atoms with E-state index in [1.165, 1.54) is 0 Å². The number of hydrogen-bond donors (Lipinski definition) is 2. The van der Waals surface area contributed by atoms with Crippen LogP contribution in [0.3, 0.4) is 0 Å². The van der Waals surface area contributed by atoms with Crippen molar-refractivity contribution in [3.63, 3.8) is 0 Å². The quantitative estimate of drug-likeness (QED) is 0.897. The lowest BCUT2D eigenvalue weighted by atomic mass is 10.1. The Kier molecular flexibility index (Phi) is 4.35. The van der Waals surface area contributed by atoms with Crippen LogP contribution >= 0.6 is 15.9 Å². The summed E-state index contributed by atoms with van der Waals surface area (Å²) in [5.41, 5.74) is 2.19. The highest BCUT2D eigenvalue weighted by Crippen LogP contribution is 2.16. The van der Waals surface area contributed by atoms with Crippen LogP contribution in [0.15, 0.2) is 22.7 Å². The normalized spacial score (nSPS) is 23.1. The summed E-state index contributed by atoms with van der Waals surface area (Å²) in [6.07, 6.45) is -0.638. The predicted octanol–water partition coefficient (Wildman–Crippen LogP) is 2.07. The smallest absolute Gasteiger partial charge is 0.237 e. The van der Waals surface area contributed by atoms with Gasteiger partial charge in [0, 0.05) is 24.0 Å². The first-order chi connectivity index (χ1) is 8.56. The fraction of sp³-hybridized carbons (Fsp3) is 0.462. The highest BCUT2D eigenvalue weighted by atomic mass is 79.9. The van der Waals surface area contributed by atoms with Crippen molar-refractivity contribution in [3.8, 4) is 0 Å². The molecule has 1 aromatic carbocycles. The molecule has 1 aromatic rings. The molecule has 2 N–H and O–H groups in total. The lowest BCUT2D eigenvalue weighted by Crippen LogP contribution is -2.40. The minimum absolute atomic E-state index is 0.127. The number of carbonyl (C=O) groups is 1. The van der Waals surface area contributed by atoms with Gasteiger partial charge in [-0.1, -0.05) is 22.0 Å². The molecule has 1 aliphatic rings. The lowest BCUT2D eigenvalue weighted by molar-refractivity contribution is -0.123. The molecule has 0 aromatic heterocycles. The molecule has 3 nitrogen and oxygen atoms in total. The van der Waals surface area contributed by atoms with E-state index >= 15 is 0 Å². The van der Waals surface area contributed by atoms with Gasteiger partial charge >= 0.3 is 0 Å². The molecule has 2 atom stereocenters. The average Bonchev–Trinajstić information content (AvgIpc) is 2.74. The number of rotatable bonds is 3. The second-order valence-electron chi connectivity index (χ2n) is 4.58. The van der Waals surface area contributed by atoms with E-state index in [4.69, 9.17) is 0 Å². The van der Waals surface area contributed by atoms with Crippen LogP contribution in [-0.2, 0) is 11.3 Å². The van der Waals surface area contributed by atoms with Gasteiger partial charge in [-0.05, 0) is 30.2 Å². The van der Waals surface area contributed by atoms with Gasteiger partial charge in [0.2, 0.25) is 5.91 Å². The summed E-state index contributed by atoms with van der Waals surface area (Å²) in [5, 5.41) is 5.71. The highest BCUT2D eigenvalue weighted by Gasteiger charge is 2.28. The van der Waals surface area contributed by atoms with Crippen molar-refractivity contribution in [2.24, 2.45) is 0 Å². The van der Waals surface area contributed by atoms with Crippen molar-refractivity contribution in [1.82, 2.24) is 10.6 Å². The Morgan fingerprint density at radius 3 is 3.00 bits per heavy atom. The van der Waals surface area contributed by atoms with Crippen LogP contribution in [0.2, 0.25) is 0 Å². The van der Waals surface area contributed by atoms with Gasteiger partial charge in [-0.15, -0.1) is 0 Å². The Bertz CT molecular complexity index is 453. The second-order valence-corrected chi connectivity index (χ2v) is 5.50. The number of aryl methyl sites for hydroxylation is 1. The summed E-state index contributed by atoms with van der Waals surface area (Å²) in [6, 6.07) is 5.53. The third kappa shape index (κ3) is 3.29. The van der Waals surface area contributed by atoms with E-state index in [1.54, 1.807) is 0 Å². The fourth-order valence-corrected chi connectivity index (χ4v) is 2.53. The fourth-order valence-electron chi connectivity index (χ4n) is 2.06. The molecule has 1 amide bonds. The molecule has 1 fully saturated rings. The Hall–Kier alpha value is -0.940. The number of benzene rings is 1. The Morgan fingerprint density at radius 1 is 1.61 bits per heavy atom. The van der Waals surface area contributed by atoms with Gasteiger partial charge in [0.05, 0.1) is 6.04 Å². The van der Waals surface area contributed by atoms with Crippen LogP contribution in [0.25, 0.3) is 0 Å². The van der Waals surface area contributed by atoms with Crippen molar-refractivity contribution in [1.29, 1.82) is 0 Å². The average molecular weight is 315 g/mol. The lowest BCUT2D eigenvalue weighted by Gasteiger charge is -2.12. The van der Waals surface area contributed by atoms with E-state index in [1.807, 2.05) is 25.1 Å². The second kappa shape index (κ2) is 5.80. The molecule has 0 saturated carbocycles. The Morgan fingerprint density at radius 2 is 2.39 bits per heavy atom. The molecule has 1 heterocycles. The summed E-state index contributed by atoms with van der Waals surface area (Å²) < 4.78 is 14.0. The third-order valence-electron chi connectivity index (χ3n) is 3.15. The van der Waals surface area contributed by atoms with Gasteiger partial charge in [-0.25, -0.2) is 4.39 Å². The molecule has 0 spiro atoms. The molecular formula is C13H16BrFN2O. The number of hydrogen-bond acceptors (Lipinski definition) is 2. The SMILES string of the molecule is Cc1cc(Br)ccc1CNC(=O)[C@H]1C[C@H](F)CN1. The van der Waals surface area contributed by atoms with Gasteiger partial charge in [0.25, 0.3) is 0 Å². The van der Waals surface area contributed by atoms with Crippen molar-refractivity contribution >= 4 is 21.8 Å². The van der Waals surface area contributed by atoms with E-state index in [-0.39, 0.29) is 18.9 Å². The van der Waals surface area contributed by atoms with E-state index in [9.17, 15) is 9.18 Å². The summed E-state index contributed by atoms with van der Waals surface area (Å²) in [7, 11) is 0. The molecule has 1 aliphatic heterocycles. The zero-order chi connectivity index (χ0) is 13.1. The van der Waals surface area contributed by atoms with Crippen molar-refractivity contribution in [2.45, 2.75) is 32.1 Å². The van der Waals surface area contributed by atoms with Gasteiger partial charge in [-0.2, -0.15) is 0 Å². The number of amides is 1. The third-order valence-corrected chi connectivity index (χ3v) is 3.64. The number of nitrogens with one attached hydrogen (secondary N) is 2. The molecule has 0 aliphatic carbocycles. The minimum atomic E-state index is -0.907. The summed E-state index contributed by atoms with van der Waals surface area (Å²) >= 11 is 3.40. The first-order valence-corrected chi connectivity index (χ1v) is 6.76. The first kappa shape index (κ1) is 13.5. The topological polar surface area (TPSA) is 41.1 Å². The molecule has 18 heavy (non-hydrogen) atoms. The van der Waals surface area contributed by atoms with E-state index in [2.05, 4.69) is 26.6 Å². The largest absolute Gasteiger partial charge is 0.351 e. The number of halogens is 2. The van der Waals surface area contributed by atoms with E-state index in [0.717, 1.165) is 15.6 Å². The van der Waals surface area contributed by atoms with Crippen LogP contribution < -0.4 is 10.6 Å². The maximum Gasteiger partial charge on any atom is 0.237 e. The predicted molar refractivity (Wildman–Crippen MR) is 72.0 cm³/mol. The molecule has 1 saturated heterocycles. The van der Waals surface area contributed by atoms with Crippen LogP contribution in [0.5, 0.6) is 0 Å². The molecule has 2 rings (SSSR count). The zero-order valence-electron chi connectivity index (χ0n) is 10.2. The van der Waals surface area contributed by atoms with Crippen LogP contribution in [0.1, 0.15) is 17.5 Å². The summed E-state index contributed by atoms with van der Waals surface area (Å²) in [5.74, 6) is -0.127. The summed E-state index contributed by atoms with van der Waals surface area (Å²) in [4.78, 5) is 11.8. The standard InChI is InChI=1S/C13H16BrFN2O/c1-8-4-10(14)3-2-9(8)6-17-13(18)12-5-11(15)7-16-12/h2-4,11-12,16H,5-7H2,1H3,(H,17,18)/t11-,12+/m0/s1. The van der Waals surface area contributed by atoms with Crippen molar-refractivity contribution in [3.05, 3.63) is 33.8 Å². The monoisotopic (exact) mass is 314 g/mol. The summed E-state index contributed by atoms with van der Waals surface area (Å²) in [6.45, 7) is 2.75. The molecule has 0 unspecified atom stereocenters. The molecule has 0 radical (unpaired) electrons. The van der Waals surface area contributed by atoms with Crippen molar-refractivity contribution in [2.75, 3.05) is 6.54 Å². The molecule has 0 bridgehead atoms. The first-order valence-electron chi connectivity index (χ1n) is 5.96. The Labute approximate surface area is 114 Å². The molecular weight excluding hydrogens is 299 g/mol. The maximum atomic E-state index is 13.0. The number of carbonyl (C=O) groups excluding carboxylic acids is 1. The van der Waals surface area contributed by atoms with Gasteiger partial charge in [0.15, 0.2) is 0 Å². The van der Waals surface area contributed by atoms with Gasteiger partial charge in [-0.3, -0.25) is 4.79 Å². The maximum absolute atomic E-state index is 13.0. The Balaban J connectivity index is 1.89. The highest BCUT2D eigenvalue weighted by molar-refractivity contribution is 9.10. The zero-order valence-corrected chi connectivity index (χ0v) is 11.8.